The van der Waals surface area contributed by atoms with Crippen LogP contribution in [0.2, 0.25) is 0 Å². The van der Waals surface area contributed by atoms with E-state index in [2.05, 4.69) is 205 Å². The maximum absolute atomic E-state index is 2.46. The topological polar surface area (TPSA) is 3.24 Å². The molecule has 0 spiro atoms. The van der Waals surface area contributed by atoms with Gasteiger partial charge in [0.2, 0.25) is 0 Å². The van der Waals surface area contributed by atoms with Crippen molar-refractivity contribution in [1.82, 2.24) is 0 Å². The summed E-state index contributed by atoms with van der Waals surface area (Å²) in [6, 6.07) is 73.5. The van der Waals surface area contributed by atoms with Gasteiger partial charge in [-0.2, -0.15) is 0 Å². The molecule has 0 atom stereocenters. The third kappa shape index (κ3) is 4.58. The van der Waals surface area contributed by atoms with E-state index in [1.54, 1.807) is 0 Å². The fourth-order valence-electron chi connectivity index (χ4n) is 8.85. The lowest BCUT2D eigenvalue weighted by Gasteiger charge is -2.28. The van der Waals surface area contributed by atoms with Crippen molar-refractivity contribution in [2.24, 2.45) is 0 Å². The molecule has 0 N–H and O–H groups in total. The summed E-state index contributed by atoms with van der Waals surface area (Å²) in [6.45, 7) is 0. The van der Waals surface area contributed by atoms with Crippen LogP contribution in [0.3, 0.4) is 0 Å². The lowest BCUT2D eigenvalue weighted by Crippen LogP contribution is -2.10. The van der Waals surface area contributed by atoms with Gasteiger partial charge in [0.25, 0.3) is 0 Å². The Bertz CT molecular complexity index is 2880. The lowest BCUT2D eigenvalue weighted by molar-refractivity contribution is 1.31. The van der Waals surface area contributed by atoms with Crippen LogP contribution < -0.4 is 4.90 Å². The van der Waals surface area contributed by atoms with E-state index >= 15 is 0 Å². The van der Waals surface area contributed by atoms with Crippen LogP contribution >= 0.6 is 0 Å². The minimum atomic E-state index is 1.14. The fraction of sp³-hybridized carbons (Fsp3) is 0. The molecule has 1 heteroatoms. The van der Waals surface area contributed by atoms with E-state index in [1.165, 1.54) is 87.6 Å². The maximum atomic E-state index is 2.46. The molecule has 1 aliphatic carbocycles. The van der Waals surface area contributed by atoms with Gasteiger partial charge >= 0.3 is 0 Å². The summed E-state index contributed by atoms with van der Waals surface area (Å²) in [5.74, 6) is 0. The van der Waals surface area contributed by atoms with Crippen LogP contribution in [0.15, 0.2) is 200 Å². The van der Waals surface area contributed by atoms with Gasteiger partial charge in [0, 0.05) is 16.8 Å². The summed E-state index contributed by atoms with van der Waals surface area (Å²) in [6.07, 6.45) is 0. The number of rotatable bonds is 5. The first-order valence-electron chi connectivity index (χ1n) is 18.4. The molecule has 0 aliphatic heterocycles. The standard InChI is InChI=1S/C52H33N/c1-3-16-36(17-4-1)48-42-22-11-12-23-43(42)49(37-18-5-2-6-19-37)52-46-30-31-47(44-24-13-25-45(50(44)46)51(48)52)53(40-28-26-34-14-7-9-20-38(34)32-40)41-29-27-35-15-8-10-21-39(35)33-41/h1-33H. The van der Waals surface area contributed by atoms with Gasteiger partial charge in [-0.1, -0.05) is 170 Å². The van der Waals surface area contributed by atoms with Crippen molar-refractivity contribution >= 4 is 60.2 Å². The van der Waals surface area contributed by atoms with E-state index in [-0.39, 0.29) is 0 Å². The highest BCUT2D eigenvalue weighted by Gasteiger charge is 2.32. The maximum Gasteiger partial charge on any atom is 0.0540 e. The second kappa shape index (κ2) is 11.8. The predicted octanol–water partition coefficient (Wildman–Crippen LogP) is 14.8. The van der Waals surface area contributed by atoms with Gasteiger partial charge in [-0.05, 0) is 113 Å². The average molecular weight is 672 g/mol. The summed E-state index contributed by atoms with van der Waals surface area (Å²) in [5.41, 5.74) is 13.7. The predicted molar refractivity (Wildman–Crippen MR) is 226 cm³/mol. The Morgan fingerprint density at radius 2 is 0.736 bits per heavy atom. The number of nitrogens with zero attached hydrogens (tertiary/aromatic N) is 1. The molecule has 0 unspecified atom stereocenters. The molecule has 0 saturated carbocycles. The molecule has 0 heterocycles. The van der Waals surface area contributed by atoms with Gasteiger partial charge in [-0.25, -0.2) is 0 Å². The first kappa shape index (κ1) is 29.7. The molecule has 246 valence electrons. The quantitative estimate of drug-likeness (QED) is 0.176. The highest BCUT2D eigenvalue weighted by Crippen LogP contribution is 2.59. The Balaban J connectivity index is 1.24. The minimum absolute atomic E-state index is 1.14. The zero-order chi connectivity index (χ0) is 34.9. The van der Waals surface area contributed by atoms with Gasteiger partial charge in [-0.15, -0.1) is 0 Å². The third-order valence-electron chi connectivity index (χ3n) is 11.1. The smallest absolute Gasteiger partial charge is 0.0540 e. The summed E-state index contributed by atoms with van der Waals surface area (Å²) < 4.78 is 0. The Hall–Kier alpha value is -6.96. The van der Waals surface area contributed by atoms with Crippen LogP contribution in [0.25, 0.3) is 87.6 Å². The van der Waals surface area contributed by atoms with E-state index < -0.39 is 0 Å². The summed E-state index contributed by atoms with van der Waals surface area (Å²) in [4.78, 5) is 2.46. The number of anilines is 3. The van der Waals surface area contributed by atoms with E-state index in [0.717, 1.165) is 17.1 Å². The normalized spacial score (nSPS) is 11.8. The zero-order valence-electron chi connectivity index (χ0n) is 29.0. The molecule has 0 saturated heterocycles. The van der Waals surface area contributed by atoms with E-state index in [1.807, 2.05) is 0 Å². The number of fused-ring (bicyclic) bond motifs is 6. The Morgan fingerprint density at radius 3 is 1.28 bits per heavy atom. The van der Waals surface area contributed by atoms with Gasteiger partial charge in [-0.3, -0.25) is 0 Å². The van der Waals surface area contributed by atoms with Gasteiger partial charge < -0.3 is 4.90 Å². The van der Waals surface area contributed by atoms with Crippen molar-refractivity contribution in [3.05, 3.63) is 200 Å². The highest BCUT2D eigenvalue weighted by atomic mass is 15.1. The Kier molecular flexibility index (Phi) is 6.62. The van der Waals surface area contributed by atoms with Gasteiger partial charge in [0.1, 0.15) is 0 Å². The third-order valence-corrected chi connectivity index (χ3v) is 11.1. The molecule has 1 aliphatic rings. The highest BCUT2D eigenvalue weighted by molar-refractivity contribution is 6.29. The number of benzene rings is 10. The van der Waals surface area contributed by atoms with Crippen molar-refractivity contribution in [3.63, 3.8) is 0 Å². The second-order valence-corrected chi connectivity index (χ2v) is 14.0. The molecule has 0 bridgehead atoms. The van der Waals surface area contributed by atoms with Crippen molar-refractivity contribution in [2.75, 3.05) is 4.90 Å². The summed E-state index contributed by atoms with van der Waals surface area (Å²) >= 11 is 0. The monoisotopic (exact) mass is 671 g/mol. The largest absolute Gasteiger partial charge is 0.310 e. The summed E-state index contributed by atoms with van der Waals surface area (Å²) in [5, 5.41) is 10.0. The van der Waals surface area contributed by atoms with Crippen LogP contribution in [0.1, 0.15) is 0 Å². The minimum Gasteiger partial charge on any atom is -0.310 e. The number of hydrogen-bond acceptors (Lipinski definition) is 1. The van der Waals surface area contributed by atoms with E-state index in [4.69, 9.17) is 0 Å². The van der Waals surface area contributed by atoms with Crippen molar-refractivity contribution in [3.8, 4) is 44.5 Å². The average Bonchev–Trinajstić information content (AvgIpc) is 3.56. The number of hydrogen-bond donors (Lipinski definition) is 0. The van der Waals surface area contributed by atoms with Crippen LogP contribution in [0, 0.1) is 0 Å². The first-order valence-corrected chi connectivity index (χ1v) is 18.4. The van der Waals surface area contributed by atoms with Crippen molar-refractivity contribution in [2.45, 2.75) is 0 Å². The van der Waals surface area contributed by atoms with E-state index in [0.29, 0.717) is 0 Å². The van der Waals surface area contributed by atoms with Crippen LogP contribution in [-0.2, 0) is 0 Å². The van der Waals surface area contributed by atoms with Crippen molar-refractivity contribution in [1.29, 1.82) is 0 Å². The van der Waals surface area contributed by atoms with Crippen molar-refractivity contribution < 1.29 is 0 Å². The fourth-order valence-corrected chi connectivity index (χ4v) is 8.85. The van der Waals surface area contributed by atoms with Crippen LogP contribution in [0.4, 0.5) is 17.1 Å². The molecular formula is C52H33N. The summed E-state index contributed by atoms with van der Waals surface area (Å²) in [7, 11) is 0. The molecule has 53 heavy (non-hydrogen) atoms. The zero-order valence-corrected chi connectivity index (χ0v) is 29.0. The van der Waals surface area contributed by atoms with Crippen LogP contribution in [0.5, 0.6) is 0 Å². The molecule has 0 radical (unpaired) electrons. The second-order valence-electron chi connectivity index (χ2n) is 14.0. The first-order chi connectivity index (χ1) is 26.3. The van der Waals surface area contributed by atoms with Gasteiger partial charge in [0.05, 0.1) is 5.69 Å². The van der Waals surface area contributed by atoms with Crippen LogP contribution in [-0.4, -0.2) is 0 Å². The molecule has 0 aromatic heterocycles. The van der Waals surface area contributed by atoms with Gasteiger partial charge in [0.15, 0.2) is 0 Å². The SMILES string of the molecule is c1ccc(-c2c3c(c(-c4ccccc4)c4ccccc24)-c2ccc(N(c4ccc5ccccc5c4)c4ccc5ccccc5c4)c4cccc-3c24)cc1. The molecule has 0 fully saturated rings. The molecule has 10 aromatic rings. The molecule has 1 nitrogen and oxygen atoms in total. The Labute approximate surface area is 308 Å². The molecule has 0 amide bonds. The Morgan fingerprint density at radius 1 is 0.283 bits per heavy atom. The lowest BCUT2D eigenvalue weighted by atomic mass is 9.82. The van der Waals surface area contributed by atoms with E-state index in [9.17, 15) is 0 Å². The molecule has 10 aromatic carbocycles. The molecule has 11 rings (SSSR count). The molecular weight excluding hydrogens is 639 g/mol.